The van der Waals surface area contributed by atoms with E-state index in [2.05, 4.69) is 52.0 Å². The molecular formula is C20H29IN4OS. The summed E-state index contributed by atoms with van der Waals surface area (Å²) in [6, 6.07) is 8.27. The van der Waals surface area contributed by atoms with E-state index in [9.17, 15) is 0 Å². The van der Waals surface area contributed by atoms with Crippen LogP contribution in [0, 0.1) is 5.92 Å². The van der Waals surface area contributed by atoms with E-state index in [1.54, 1.807) is 18.4 Å². The fourth-order valence-corrected chi connectivity index (χ4v) is 3.40. The fraction of sp³-hybridized carbons (Fsp3) is 0.500. The Bertz CT molecular complexity index is 712. The van der Waals surface area contributed by atoms with Crippen molar-refractivity contribution in [1.29, 1.82) is 0 Å². The molecule has 2 N–H and O–H groups in total. The maximum atomic E-state index is 5.68. The molecular weight excluding hydrogens is 471 g/mol. The van der Waals surface area contributed by atoms with Crippen LogP contribution >= 0.6 is 35.3 Å². The number of halogens is 1. The normalized spacial score (nSPS) is 14.4. The molecule has 27 heavy (non-hydrogen) atoms. The highest BCUT2D eigenvalue weighted by molar-refractivity contribution is 14.0. The molecule has 7 heteroatoms. The van der Waals surface area contributed by atoms with Gasteiger partial charge < -0.3 is 15.4 Å². The minimum absolute atomic E-state index is 0. The quantitative estimate of drug-likeness (QED) is 0.324. The van der Waals surface area contributed by atoms with E-state index in [1.807, 2.05) is 18.3 Å². The van der Waals surface area contributed by atoms with Crippen LogP contribution in [0.25, 0.3) is 0 Å². The number of nitrogens with one attached hydrogen (secondary N) is 2. The van der Waals surface area contributed by atoms with Crippen LogP contribution in [0.5, 0.6) is 5.88 Å². The van der Waals surface area contributed by atoms with E-state index in [-0.39, 0.29) is 29.4 Å². The molecule has 3 rings (SSSR count). The van der Waals surface area contributed by atoms with E-state index in [1.165, 1.54) is 17.7 Å². The Morgan fingerprint density at radius 2 is 2.11 bits per heavy atom. The zero-order valence-corrected chi connectivity index (χ0v) is 19.3. The summed E-state index contributed by atoms with van der Waals surface area (Å²) in [6.07, 6.45) is 4.44. The zero-order valence-electron chi connectivity index (χ0n) is 16.2. The van der Waals surface area contributed by atoms with Crippen LogP contribution in [-0.4, -0.2) is 31.1 Å². The van der Waals surface area contributed by atoms with Gasteiger partial charge in [0, 0.05) is 42.7 Å². The van der Waals surface area contributed by atoms with Gasteiger partial charge in [0.25, 0.3) is 0 Å². The molecule has 2 aromatic rings. The van der Waals surface area contributed by atoms with Crippen molar-refractivity contribution in [1.82, 2.24) is 15.6 Å². The summed E-state index contributed by atoms with van der Waals surface area (Å²) in [4.78, 5) is 10.1. The van der Waals surface area contributed by atoms with Crippen LogP contribution in [0.4, 0.5) is 0 Å². The molecule has 148 valence electrons. The summed E-state index contributed by atoms with van der Waals surface area (Å²) in [7, 11) is 1.79. The van der Waals surface area contributed by atoms with E-state index in [4.69, 9.17) is 4.74 Å². The van der Waals surface area contributed by atoms with Crippen LogP contribution in [-0.2, 0) is 12.0 Å². The van der Waals surface area contributed by atoms with Gasteiger partial charge in [-0.05, 0) is 35.8 Å². The van der Waals surface area contributed by atoms with E-state index in [0.717, 1.165) is 30.6 Å². The van der Waals surface area contributed by atoms with Gasteiger partial charge in [0.1, 0.15) is 0 Å². The molecule has 0 saturated heterocycles. The van der Waals surface area contributed by atoms with Crippen LogP contribution in [0.2, 0.25) is 0 Å². The second kappa shape index (κ2) is 10.3. The molecule has 1 aliphatic rings. The topological polar surface area (TPSA) is 58.5 Å². The predicted molar refractivity (Wildman–Crippen MR) is 123 cm³/mol. The van der Waals surface area contributed by atoms with Gasteiger partial charge in [0.05, 0.1) is 6.61 Å². The minimum atomic E-state index is 0. The number of ether oxygens (including phenoxy) is 1. The van der Waals surface area contributed by atoms with Crippen LogP contribution < -0.4 is 15.4 Å². The standard InChI is InChI=1S/C20H28N4OS.HI/c1-20(2,17-5-4-10-26-17)14-24-19(21-3)23-12-16-8-9-18(22-11-16)25-13-15-6-7-15;/h4-5,8-11,15H,6-7,12-14H2,1-3H3,(H2,21,23,24);1H. The number of hydrogen-bond donors (Lipinski definition) is 2. The highest BCUT2D eigenvalue weighted by Crippen LogP contribution is 2.29. The monoisotopic (exact) mass is 500 g/mol. The largest absolute Gasteiger partial charge is 0.477 e. The van der Waals surface area contributed by atoms with Crippen molar-refractivity contribution in [2.75, 3.05) is 20.2 Å². The van der Waals surface area contributed by atoms with E-state index < -0.39 is 0 Å². The van der Waals surface area contributed by atoms with Crippen molar-refractivity contribution in [2.24, 2.45) is 10.9 Å². The maximum Gasteiger partial charge on any atom is 0.213 e. The first-order valence-electron chi connectivity index (χ1n) is 9.13. The Labute approximate surface area is 183 Å². The van der Waals surface area contributed by atoms with Gasteiger partial charge in [-0.1, -0.05) is 26.0 Å². The average Bonchev–Trinajstić information content (AvgIpc) is 3.30. The first-order chi connectivity index (χ1) is 12.6. The third-order valence-corrected chi connectivity index (χ3v) is 5.77. The SMILES string of the molecule is CN=C(NCc1ccc(OCC2CC2)nc1)NCC(C)(C)c1cccs1.I. The van der Waals surface area contributed by atoms with E-state index in [0.29, 0.717) is 12.4 Å². The summed E-state index contributed by atoms with van der Waals surface area (Å²) in [5.41, 5.74) is 1.16. The van der Waals surface area contributed by atoms with Gasteiger partial charge in [-0.15, -0.1) is 35.3 Å². The predicted octanol–water partition coefficient (Wildman–Crippen LogP) is 4.19. The molecule has 0 amide bonds. The van der Waals surface area contributed by atoms with Crippen molar-refractivity contribution in [3.8, 4) is 5.88 Å². The highest BCUT2D eigenvalue weighted by atomic mass is 127. The van der Waals surface area contributed by atoms with Crippen molar-refractivity contribution in [2.45, 2.75) is 38.6 Å². The lowest BCUT2D eigenvalue weighted by Crippen LogP contribution is -2.42. The lowest BCUT2D eigenvalue weighted by Gasteiger charge is -2.25. The molecule has 0 bridgehead atoms. The molecule has 0 unspecified atom stereocenters. The number of pyridine rings is 1. The van der Waals surface area contributed by atoms with Crippen molar-refractivity contribution in [3.63, 3.8) is 0 Å². The molecule has 2 aromatic heterocycles. The third-order valence-electron chi connectivity index (χ3n) is 4.53. The molecule has 0 aliphatic heterocycles. The molecule has 1 fully saturated rings. The molecule has 0 atom stereocenters. The zero-order chi connectivity index (χ0) is 18.4. The molecule has 5 nitrogen and oxygen atoms in total. The van der Waals surface area contributed by atoms with Gasteiger partial charge in [0.2, 0.25) is 5.88 Å². The lowest BCUT2D eigenvalue weighted by molar-refractivity contribution is 0.288. The van der Waals surface area contributed by atoms with Gasteiger partial charge in [-0.25, -0.2) is 4.98 Å². The summed E-state index contributed by atoms with van der Waals surface area (Å²) in [5.74, 6) is 2.25. The van der Waals surface area contributed by atoms with Crippen molar-refractivity contribution < 1.29 is 4.74 Å². The van der Waals surface area contributed by atoms with Gasteiger partial charge in [0.15, 0.2) is 5.96 Å². The van der Waals surface area contributed by atoms with Gasteiger partial charge in [-0.3, -0.25) is 4.99 Å². The second-order valence-corrected chi connectivity index (χ2v) is 8.35. The third kappa shape index (κ3) is 6.95. The Morgan fingerprint density at radius 3 is 2.70 bits per heavy atom. The summed E-state index contributed by atoms with van der Waals surface area (Å²) in [5, 5.41) is 8.88. The molecule has 0 aromatic carbocycles. The fourth-order valence-electron chi connectivity index (χ4n) is 2.55. The van der Waals surface area contributed by atoms with Crippen molar-refractivity contribution in [3.05, 3.63) is 46.3 Å². The van der Waals surface area contributed by atoms with Gasteiger partial charge >= 0.3 is 0 Å². The Morgan fingerprint density at radius 1 is 1.30 bits per heavy atom. The summed E-state index contributed by atoms with van der Waals surface area (Å²) >= 11 is 1.79. The smallest absolute Gasteiger partial charge is 0.213 e. The number of guanidine groups is 1. The summed E-state index contributed by atoms with van der Waals surface area (Å²) < 4.78 is 5.68. The lowest BCUT2D eigenvalue weighted by atomic mass is 9.91. The molecule has 1 aliphatic carbocycles. The Hall–Kier alpha value is -1.35. The van der Waals surface area contributed by atoms with E-state index >= 15 is 0 Å². The first kappa shape index (κ1) is 21.9. The molecule has 0 radical (unpaired) electrons. The Balaban J connectivity index is 0.00000261. The van der Waals surface area contributed by atoms with Crippen LogP contribution in [0.1, 0.15) is 37.1 Å². The first-order valence-corrected chi connectivity index (χ1v) is 10.0. The Kier molecular flexibility index (Phi) is 8.34. The van der Waals surface area contributed by atoms with Gasteiger partial charge in [-0.2, -0.15) is 0 Å². The average molecular weight is 500 g/mol. The highest BCUT2D eigenvalue weighted by Gasteiger charge is 2.22. The molecule has 1 saturated carbocycles. The minimum Gasteiger partial charge on any atom is -0.477 e. The number of hydrogen-bond acceptors (Lipinski definition) is 4. The molecule has 0 spiro atoms. The number of nitrogens with zero attached hydrogens (tertiary/aromatic N) is 2. The number of thiophene rings is 1. The number of rotatable bonds is 8. The van der Waals surface area contributed by atoms with Crippen LogP contribution in [0.15, 0.2) is 40.8 Å². The molecule has 2 heterocycles. The maximum absolute atomic E-state index is 5.68. The second-order valence-electron chi connectivity index (χ2n) is 7.40. The summed E-state index contributed by atoms with van der Waals surface area (Å²) in [6.45, 7) is 6.77. The van der Waals surface area contributed by atoms with Crippen LogP contribution in [0.3, 0.4) is 0 Å². The number of aliphatic imine (C=N–C) groups is 1. The number of aromatic nitrogens is 1. The van der Waals surface area contributed by atoms with Crippen molar-refractivity contribution >= 4 is 41.3 Å².